The van der Waals surface area contributed by atoms with E-state index >= 15 is 0 Å². The number of ether oxygens (including phenoxy) is 1. The van der Waals surface area contributed by atoms with Gasteiger partial charge in [-0.1, -0.05) is 6.92 Å². The first-order valence-electron chi connectivity index (χ1n) is 7.86. The molecule has 1 atom stereocenters. The third-order valence-corrected chi connectivity index (χ3v) is 3.71. The number of piperazine rings is 1. The summed E-state index contributed by atoms with van der Waals surface area (Å²) < 4.78 is 7.73. The Bertz CT molecular complexity index is 405. The highest BCUT2D eigenvalue weighted by atomic mass is 16.5. The second-order valence-electron chi connectivity index (χ2n) is 5.43. The maximum atomic E-state index is 5.43. The average Bonchev–Trinajstić information content (AvgIpc) is 2.87. The van der Waals surface area contributed by atoms with Crippen LogP contribution in [0.25, 0.3) is 0 Å². The fourth-order valence-electron chi connectivity index (χ4n) is 2.64. The number of anilines is 1. The predicted octanol–water partition coefficient (Wildman–Crippen LogP) is 1.67. The summed E-state index contributed by atoms with van der Waals surface area (Å²) in [6.45, 7) is 12.2. The molecule has 5 heteroatoms. The molecule has 1 aliphatic heterocycles. The Morgan fingerprint density at radius 2 is 2.30 bits per heavy atom. The van der Waals surface area contributed by atoms with Gasteiger partial charge < -0.3 is 19.5 Å². The van der Waals surface area contributed by atoms with Gasteiger partial charge in [0.2, 0.25) is 5.95 Å². The molecule has 1 fully saturated rings. The van der Waals surface area contributed by atoms with Gasteiger partial charge in [0, 0.05) is 51.6 Å². The van der Waals surface area contributed by atoms with Crippen LogP contribution in [0.1, 0.15) is 32.9 Å². The third kappa shape index (κ3) is 3.96. The zero-order valence-corrected chi connectivity index (χ0v) is 13.1. The van der Waals surface area contributed by atoms with Gasteiger partial charge in [0.1, 0.15) is 0 Å². The summed E-state index contributed by atoms with van der Waals surface area (Å²) in [6, 6.07) is 0.530. The van der Waals surface area contributed by atoms with Crippen LogP contribution in [0.2, 0.25) is 0 Å². The molecular weight excluding hydrogens is 252 g/mol. The van der Waals surface area contributed by atoms with Gasteiger partial charge in [0.25, 0.3) is 0 Å². The molecule has 114 valence electrons. The predicted molar refractivity (Wildman–Crippen MR) is 82.4 cm³/mol. The molecule has 1 aromatic heterocycles. The summed E-state index contributed by atoms with van der Waals surface area (Å²) >= 11 is 0. The minimum atomic E-state index is 0.530. The SMILES string of the molecule is CCOCCCn1cc(CC)nc1N1CCN[C@H](C)C1. The van der Waals surface area contributed by atoms with Crippen LogP contribution in [0.3, 0.4) is 0 Å². The van der Waals surface area contributed by atoms with E-state index in [1.54, 1.807) is 0 Å². The van der Waals surface area contributed by atoms with E-state index in [2.05, 4.69) is 34.8 Å². The Morgan fingerprint density at radius 3 is 3.00 bits per heavy atom. The summed E-state index contributed by atoms with van der Waals surface area (Å²) in [7, 11) is 0. The van der Waals surface area contributed by atoms with Crippen molar-refractivity contribution in [2.75, 3.05) is 37.7 Å². The zero-order chi connectivity index (χ0) is 14.4. The van der Waals surface area contributed by atoms with E-state index in [0.29, 0.717) is 6.04 Å². The number of nitrogens with zero attached hydrogens (tertiary/aromatic N) is 3. The second kappa shape index (κ2) is 7.64. The molecule has 1 aromatic rings. The van der Waals surface area contributed by atoms with Gasteiger partial charge in [-0.05, 0) is 26.7 Å². The van der Waals surface area contributed by atoms with Crippen LogP contribution in [0.4, 0.5) is 5.95 Å². The maximum absolute atomic E-state index is 5.43. The van der Waals surface area contributed by atoms with Crippen molar-refractivity contribution in [2.45, 2.75) is 46.2 Å². The minimum Gasteiger partial charge on any atom is -0.382 e. The second-order valence-corrected chi connectivity index (χ2v) is 5.43. The monoisotopic (exact) mass is 280 g/mol. The van der Waals surface area contributed by atoms with Crippen molar-refractivity contribution in [2.24, 2.45) is 0 Å². The van der Waals surface area contributed by atoms with Crippen molar-refractivity contribution in [3.63, 3.8) is 0 Å². The van der Waals surface area contributed by atoms with Crippen molar-refractivity contribution in [3.05, 3.63) is 11.9 Å². The molecule has 2 rings (SSSR count). The first-order chi connectivity index (χ1) is 9.74. The molecular formula is C15H28N4O. The van der Waals surface area contributed by atoms with Crippen molar-refractivity contribution < 1.29 is 4.74 Å². The lowest BCUT2D eigenvalue weighted by atomic mass is 10.2. The van der Waals surface area contributed by atoms with Gasteiger partial charge >= 0.3 is 0 Å². The molecule has 0 amide bonds. The van der Waals surface area contributed by atoms with E-state index in [0.717, 1.165) is 58.2 Å². The number of aryl methyl sites for hydroxylation is 2. The van der Waals surface area contributed by atoms with Crippen molar-refractivity contribution in [3.8, 4) is 0 Å². The molecule has 1 saturated heterocycles. The average molecular weight is 280 g/mol. The van der Waals surface area contributed by atoms with Crippen molar-refractivity contribution in [1.29, 1.82) is 0 Å². The normalized spacial score (nSPS) is 19.6. The van der Waals surface area contributed by atoms with Crippen molar-refractivity contribution >= 4 is 5.95 Å². The van der Waals surface area contributed by atoms with Crippen LogP contribution in [-0.2, 0) is 17.7 Å². The van der Waals surface area contributed by atoms with Crippen LogP contribution >= 0.6 is 0 Å². The van der Waals surface area contributed by atoms with E-state index in [1.807, 2.05) is 6.92 Å². The van der Waals surface area contributed by atoms with E-state index in [4.69, 9.17) is 9.72 Å². The Labute approximate surface area is 122 Å². The van der Waals surface area contributed by atoms with E-state index in [-0.39, 0.29) is 0 Å². The standard InChI is InChI=1S/C15H28N4O/c1-4-14-12-18(8-6-10-20-5-2)15(17-14)19-9-7-16-13(3)11-19/h12-13,16H,4-11H2,1-3H3/t13-/m1/s1. The number of nitrogens with one attached hydrogen (secondary N) is 1. The molecule has 0 aliphatic carbocycles. The lowest BCUT2D eigenvalue weighted by Gasteiger charge is -2.33. The molecule has 20 heavy (non-hydrogen) atoms. The molecule has 0 unspecified atom stereocenters. The van der Waals surface area contributed by atoms with Gasteiger partial charge in [-0.15, -0.1) is 0 Å². The molecule has 2 heterocycles. The first kappa shape index (κ1) is 15.3. The smallest absolute Gasteiger partial charge is 0.205 e. The number of rotatable bonds is 7. The minimum absolute atomic E-state index is 0.530. The van der Waals surface area contributed by atoms with E-state index in [1.165, 1.54) is 5.69 Å². The molecule has 0 radical (unpaired) electrons. The Morgan fingerprint density at radius 1 is 1.45 bits per heavy atom. The Hall–Kier alpha value is -1.07. The fourth-order valence-corrected chi connectivity index (χ4v) is 2.64. The van der Waals surface area contributed by atoms with Gasteiger partial charge in [0.15, 0.2) is 0 Å². The van der Waals surface area contributed by atoms with Crippen LogP contribution in [0.5, 0.6) is 0 Å². The third-order valence-electron chi connectivity index (χ3n) is 3.71. The molecule has 1 N–H and O–H groups in total. The van der Waals surface area contributed by atoms with E-state index in [9.17, 15) is 0 Å². The van der Waals surface area contributed by atoms with Crippen LogP contribution in [0.15, 0.2) is 6.20 Å². The number of hydrogen-bond acceptors (Lipinski definition) is 4. The number of imidazole rings is 1. The fraction of sp³-hybridized carbons (Fsp3) is 0.800. The van der Waals surface area contributed by atoms with E-state index < -0.39 is 0 Å². The summed E-state index contributed by atoms with van der Waals surface area (Å²) in [5.74, 6) is 1.13. The van der Waals surface area contributed by atoms with Crippen LogP contribution in [-0.4, -0.2) is 48.4 Å². The van der Waals surface area contributed by atoms with Crippen LogP contribution in [0, 0.1) is 0 Å². The Balaban J connectivity index is 2.03. The lowest BCUT2D eigenvalue weighted by molar-refractivity contribution is 0.141. The quantitative estimate of drug-likeness (QED) is 0.772. The molecule has 1 aliphatic rings. The summed E-state index contributed by atoms with van der Waals surface area (Å²) in [4.78, 5) is 7.21. The van der Waals surface area contributed by atoms with Crippen LogP contribution < -0.4 is 10.2 Å². The largest absolute Gasteiger partial charge is 0.382 e. The summed E-state index contributed by atoms with van der Waals surface area (Å²) in [5, 5.41) is 3.48. The number of aromatic nitrogens is 2. The van der Waals surface area contributed by atoms with Crippen molar-refractivity contribution in [1.82, 2.24) is 14.9 Å². The van der Waals surface area contributed by atoms with Gasteiger partial charge in [-0.2, -0.15) is 0 Å². The van der Waals surface area contributed by atoms with Gasteiger partial charge in [0.05, 0.1) is 5.69 Å². The molecule has 0 spiro atoms. The van der Waals surface area contributed by atoms with Gasteiger partial charge in [-0.3, -0.25) is 0 Å². The molecule has 0 bridgehead atoms. The topological polar surface area (TPSA) is 42.3 Å². The highest BCUT2D eigenvalue weighted by molar-refractivity contribution is 5.35. The highest BCUT2D eigenvalue weighted by Crippen LogP contribution is 2.17. The molecule has 0 aromatic carbocycles. The molecule has 5 nitrogen and oxygen atoms in total. The highest BCUT2D eigenvalue weighted by Gasteiger charge is 2.20. The van der Waals surface area contributed by atoms with Gasteiger partial charge in [-0.25, -0.2) is 4.98 Å². The number of hydrogen-bond donors (Lipinski definition) is 1. The summed E-state index contributed by atoms with van der Waals surface area (Å²) in [5.41, 5.74) is 1.18. The summed E-state index contributed by atoms with van der Waals surface area (Å²) in [6.07, 6.45) is 4.24. The lowest BCUT2D eigenvalue weighted by Crippen LogP contribution is -2.50. The maximum Gasteiger partial charge on any atom is 0.205 e. The molecule has 0 saturated carbocycles. The zero-order valence-electron chi connectivity index (χ0n) is 13.1. The Kier molecular flexibility index (Phi) is 5.86. The first-order valence-corrected chi connectivity index (χ1v) is 7.86.